The largest absolute Gasteiger partial charge is 0.383 e. The Morgan fingerprint density at radius 2 is 2.10 bits per heavy atom. The lowest BCUT2D eigenvalue weighted by Gasteiger charge is -2.05. The second-order valence-corrected chi connectivity index (χ2v) is 6.48. The number of H-pyrrole nitrogens is 1. The minimum absolute atomic E-state index is 0.523. The molecule has 21 heavy (non-hydrogen) atoms. The Bertz CT molecular complexity index is 772. The third-order valence-electron chi connectivity index (χ3n) is 3.43. The summed E-state index contributed by atoms with van der Waals surface area (Å²) in [6.45, 7) is 5.02. The molecule has 0 radical (unpaired) electrons. The number of aromatic amines is 1. The maximum Gasteiger partial charge on any atom is 0.182 e. The molecule has 0 atom stereocenters. The molecule has 3 rings (SSSR count). The Morgan fingerprint density at radius 3 is 2.81 bits per heavy atom. The van der Waals surface area contributed by atoms with Crippen LogP contribution in [0.1, 0.15) is 25.1 Å². The molecule has 1 aromatic carbocycles. The van der Waals surface area contributed by atoms with Crippen LogP contribution in [0.5, 0.6) is 0 Å². The topological polar surface area (TPSA) is 72.5 Å². The third-order valence-corrected chi connectivity index (χ3v) is 4.20. The fraction of sp³-hybridized carbons (Fsp3) is 0.333. The molecule has 2 aromatic heterocycles. The van der Waals surface area contributed by atoms with Gasteiger partial charge in [0.05, 0.1) is 17.6 Å². The van der Waals surface area contributed by atoms with Gasteiger partial charge in [0.2, 0.25) is 0 Å². The SMILES string of the molecule is CC(C)Cc1nn(Cc2ccccc2Br)c2n[nH]c(N)c12. The van der Waals surface area contributed by atoms with Crippen molar-refractivity contribution in [1.82, 2.24) is 20.0 Å². The molecule has 2 heterocycles. The molecule has 6 heteroatoms. The molecule has 5 nitrogen and oxygen atoms in total. The quantitative estimate of drug-likeness (QED) is 0.759. The lowest BCUT2D eigenvalue weighted by atomic mass is 10.1. The number of nitrogens with one attached hydrogen (secondary N) is 1. The standard InChI is InChI=1S/C15H18BrN5/c1-9(2)7-12-13-14(17)18-19-15(13)21(20-12)8-10-5-3-4-6-11(10)16/h3-6,9H,7-8H2,1-2H3,(H3,17,18,19). The number of halogens is 1. The summed E-state index contributed by atoms with van der Waals surface area (Å²) in [5.74, 6) is 1.12. The third kappa shape index (κ3) is 2.68. The van der Waals surface area contributed by atoms with Crippen molar-refractivity contribution in [2.24, 2.45) is 5.92 Å². The number of anilines is 1. The van der Waals surface area contributed by atoms with E-state index >= 15 is 0 Å². The smallest absolute Gasteiger partial charge is 0.182 e. The summed E-state index contributed by atoms with van der Waals surface area (Å²) in [6.07, 6.45) is 0.892. The van der Waals surface area contributed by atoms with Crippen molar-refractivity contribution >= 4 is 32.8 Å². The number of aromatic nitrogens is 4. The van der Waals surface area contributed by atoms with Crippen molar-refractivity contribution in [1.29, 1.82) is 0 Å². The Balaban J connectivity index is 2.05. The first-order valence-corrected chi connectivity index (χ1v) is 7.78. The number of nitrogen functional groups attached to an aromatic ring is 1. The summed E-state index contributed by atoms with van der Waals surface area (Å²) in [5.41, 5.74) is 9.01. The van der Waals surface area contributed by atoms with Gasteiger partial charge in [0.15, 0.2) is 5.65 Å². The van der Waals surface area contributed by atoms with E-state index in [1.807, 2.05) is 22.9 Å². The van der Waals surface area contributed by atoms with Crippen molar-refractivity contribution in [2.75, 3.05) is 5.73 Å². The summed E-state index contributed by atoms with van der Waals surface area (Å²) < 4.78 is 2.99. The van der Waals surface area contributed by atoms with Crippen LogP contribution >= 0.6 is 15.9 Å². The Hall–Kier alpha value is -1.82. The maximum absolute atomic E-state index is 6.01. The van der Waals surface area contributed by atoms with Crippen molar-refractivity contribution in [3.05, 3.63) is 40.0 Å². The van der Waals surface area contributed by atoms with E-state index in [4.69, 9.17) is 10.8 Å². The van der Waals surface area contributed by atoms with Crippen LogP contribution in [0.3, 0.4) is 0 Å². The summed E-state index contributed by atoms with van der Waals surface area (Å²) in [6, 6.07) is 8.14. The molecule has 3 N–H and O–H groups in total. The van der Waals surface area contributed by atoms with E-state index in [0.717, 1.165) is 27.6 Å². The molecular formula is C15H18BrN5. The fourth-order valence-electron chi connectivity index (χ4n) is 2.49. The number of hydrogen-bond donors (Lipinski definition) is 2. The lowest BCUT2D eigenvalue weighted by molar-refractivity contribution is 0.611. The van der Waals surface area contributed by atoms with Gasteiger partial charge in [-0.05, 0) is 24.0 Å². The van der Waals surface area contributed by atoms with Gasteiger partial charge in [-0.3, -0.25) is 5.10 Å². The number of nitrogens with two attached hydrogens (primary N) is 1. The van der Waals surface area contributed by atoms with Gasteiger partial charge in [0, 0.05) is 4.47 Å². The average Bonchev–Trinajstić information content (AvgIpc) is 2.95. The minimum atomic E-state index is 0.523. The lowest BCUT2D eigenvalue weighted by Crippen LogP contribution is -2.05. The van der Waals surface area contributed by atoms with Gasteiger partial charge >= 0.3 is 0 Å². The summed E-state index contributed by atoms with van der Waals surface area (Å²) in [4.78, 5) is 0. The highest BCUT2D eigenvalue weighted by Gasteiger charge is 2.17. The monoisotopic (exact) mass is 347 g/mol. The predicted octanol–water partition coefficient (Wildman–Crippen LogP) is 3.35. The molecule has 0 aliphatic rings. The van der Waals surface area contributed by atoms with E-state index in [9.17, 15) is 0 Å². The van der Waals surface area contributed by atoms with Gasteiger partial charge in [0.1, 0.15) is 5.82 Å². The van der Waals surface area contributed by atoms with Gasteiger partial charge in [-0.2, -0.15) is 10.2 Å². The zero-order valence-electron chi connectivity index (χ0n) is 12.1. The van der Waals surface area contributed by atoms with Crippen LogP contribution in [0.4, 0.5) is 5.82 Å². The van der Waals surface area contributed by atoms with Crippen LogP contribution in [-0.4, -0.2) is 20.0 Å². The van der Waals surface area contributed by atoms with E-state index < -0.39 is 0 Å². The minimum Gasteiger partial charge on any atom is -0.383 e. The van der Waals surface area contributed by atoms with Crippen molar-refractivity contribution in [3.63, 3.8) is 0 Å². The second kappa shape index (κ2) is 5.52. The number of benzene rings is 1. The summed E-state index contributed by atoms with van der Waals surface area (Å²) in [5, 5.41) is 12.8. The normalized spacial score (nSPS) is 11.6. The Morgan fingerprint density at radius 1 is 1.33 bits per heavy atom. The molecule has 0 amide bonds. The highest BCUT2D eigenvalue weighted by atomic mass is 79.9. The molecule has 0 saturated heterocycles. The summed E-state index contributed by atoms with van der Waals surface area (Å²) >= 11 is 3.58. The zero-order chi connectivity index (χ0) is 15.0. The van der Waals surface area contributed by atoms with Gasteiger partial charge in [0.25, 0.3) is 0 Å². The molecule has 110 valence electrons. The maximum atomic E-state index is 6.01. The first-order valence-electron chi connectivity index (χ1n) is 6.99. The van der Waals surface area contributed by atoms with E-state index in [2.05, 4.69) is 46.0 Å². The van der Waals surface area contributed by atoms with E-state index in [1.165, 1.54) is 5.56 Å². The first kappa shape index (κ1) is 14.1. The molecule has 0 unspecified atom stereocenters. The molecular weight excluding hydrogens is 330 g/mol. The Kier molecular flexibility index (Phi) is 3.71. The molecule has 0 saturated carbocycles. The van der Waals surface area contributed by atoms with Crippen LogP contribution < -0.4 is 5.73 Å². The van der Waals surface area contributed by atoms with Gasteiger partial charge < -0.3 is 5.73 Å². The number of hydrogen-bond acceptors (Lipinski definition) is 3. The van der Waals surface area contributed by atoms with E-state index in [1.54, 1.807) is 0 Å². The predicted molar refractivity (Wildman–Crippen MR) is 88.1 cm³/mol. The highest BCUT2D eigenvalue weighted by molar-refractivity contribution is 9.10. The average molecular weight is 348 g/mol. The van der Waals surface area contributed by atoms with E-state index in [-0.39, 0.29) is 0 Å². The van der Waals surface area contributed by atoms with Gasteiger partial charge in [-0.25, -0.2) is 4.68 Å². The molecule has 0 aliphatic carbocycles. The van der Waals surface area contributed by atoms with Gasteiger partial charge in [-0.1, -0.05) is 48.0 Å². The van der Waals surface area contributed by atoms with Crippen LogP contribution in [0.25, 0.3) is 11.0 Å². The highest BCUT2D eigenvalue weighted by Crippen LogP contribution is 2.26. The second-order valence-electron chi connectivity index (χ2n) is 5.63. The molecule has 0 spiro atoms. The van der Waals surface area contributed by atoms with Crippen LogP contribution in [-0.2, 0) is 13.0 Å². The molecule has 0 aliphatic heterocycles. The molecule has 0 fully saturated rings. The van der Waals surface area contributed by atoms with Crippen molar-refractivity contribution < 1.29 is 0 Å². The van der Waals surface area contributed by atoms with Crippen LogP contribution in [0.15, 0.2) is 28.7 Å². The van der Waals surface area contributed by atoms with Gasteiger partial charge in [-0.15, -0.1) is 0 Å². The van der Waals surface area contributed by atoms with Crippen LogP contribution in [0, 0.1) is 5.92 Å². The molecule has 3 aromatic rings. The first-order chi connectivity index (χ1) is 10.1. The fourth-order valence-corrected chi connectivity index (χ4v) is 2.90. The number of nitrogens with zero attached hydrogens (tertiary/aromatic N) is 3. The van der Waals surface area contributed by atoms with Crippen molar-refractivity contribution in [2.45, 2.75) is 26.8 Å². The number of fused-ring (bicyclic) bond motifs is 1. The Labute approximate surface area is 131 Å². The van der Waals surface area contributed by atoms with Crippen LogP contribution in [0.2, 0.25) is 0 Å². The van der Waals surface area contributed by atoms with Crippen molar-refractivity contribution in [3.8, 4) is 0 Å². The zero-order valence-corrected chi connectivity index (χ0v) is 13.7. The van der Waals surface area contributed by atoms with E-state index in [0.29, 0.717) is 18.3 Å². The molecule has 0 bridgehead atoms. The number of rotatable bonds is 4. The summed E-state index contributed by atoms with van der Waals surface area (Å²) in [7, 11) is 0.